The molecule has 0 saturated heterocycles. The van der Waals surface area contributed by atoms with Gasteiger partial charge in [0, 0.05) is 0 Å². The van der Waals surface area contributed by atoms with Crippen molar-refractivity contribution in [3.63, 3.8) is 0 Å². The van der Waals surface area contributed by atoms with Crippen molar-refractivity contribution in [2.45, 2.75) is 6.42 Å². The third-order valence-corrected chi connectivity index (χ3v) is 1.82. The fraction of sp³-hybridized carbons (Fsp3) is 0.200. The molecule has 0 aromatic heterocycles. The Hall–Kier alpha value is 0.168. The van der Waals surface area contributed by atoms with Crippen LogP contribution in [-0.2, 0) is 19.8 Å². The molecule has 0 bridgehead atoms. The Kier molecular flexibility index (Phi) is 1.26. The summed E-state index contributed by atoms with van der Waals surface area (Å²) < 4.78 is 1.55. The van der Waals surface area contributed by atoms with Gasteiger partial charge in [0.05, 0.1) is 0 Å². The zero-order valence-corrected chi connectivity index (χ0v) is 6.28. The van der Waals surface area contributed by atoms with Crippen LogP contribution in [0, 0.1) is 0 Å². The number of rotatable bonds is 0. The van der Waals surface area contributed by atoms with Crippen molar-refractivity contribution in [1.29, 1.82) is 0 Å². The molecule has 1 heteroatoms. The van der Waals surface area contributed by atoms with Crippen LogP contribution in [0.1, 0.15) is 9.27 Å². The van der Waals surface area contributed by atoms with Crippen molar-refractivity contribution in [2.24, 2.45) is 0 Å². The molecular weight excluding hydrogens is 244 g/mol. The van der Waals surface area contributed by atoms with Crippen LogP contribution in [0.15, 0.2) is 22.2 Å². The van der Waals surface area contributed by atoms with Crippen molar-refractivity contribution in [1.82, 2.24) is 0 Å². The van der Waals surface area contributed by atoms with E-state index in [0.717, 1.165) is 0 Å². The summed E-state index contributed by atoms with van der Waals surface area (Å²) in [5.74, 6) is 0. The van der Waals surface area contributed by atoms with E-state index in [9.17, 15) is 0 Å². The molecule has 1 aliphatic rings. The predicted molar refractivity (Wildman–Crippen MR) is 24.1 cm³/mol. The van der Waals surface area contributed by atoms with Gasteiger partial charge in [0.2, 0.25) is 0 Å². The maximum atomic E-state index is 2.18. The number of hydrogen-bond donors (Lipinski definition) is 0. The average molecular weight is 251 g/mol. The van der Waals surface area contributed by atoms with Gasteiger partial charge in [0.1, 0.15) is 0 Å². The van der Waals surface area contributed by atoms with Crippen LogP contribution in [0.2, 0.25) is 0 Å². The van der Waals surface area contributed by atoms with Crippen LogP contribution in [0.25, 0.3) is 0 Å². The van der Waals surface area contributed by atoms with Gasteiger partial charge >= 0.3 is 48.4 Å². The molecule has 0 amide bonds. The van der Waals surface area contributed by atoms with Gasteiger partial charge in [-0.1, -0.05) is 0 Å². The second kappa shape index (κ2) is 1.75. The first kappa shape index (κ1) is 4.33. The zero-order valence-electron chi connectivity index (χ0n) is 5.35. The van der Waals surface area contributed by atoms with Crippen molar-refractivity contribution < 1.29 is 22.7 Å². The second-order valence-corrected chi connectivity index (χ2v) is 3.15. The van der Waals surface area contributed by atoms with Crippen LogP contribution < -0.4 is 0 Å². The van der Waals surface area contributed by atoms with E-state index in [2.05, 4.69) is 18.2 Å². The summed E-state index contributed by atoms with van der Waals surface area (Å²) in [5.41, 5.74) is 0. The SMILES string of the molecule is [H-].[H-].[W+2][C]1=CC=CC1. The van der Waals surface area contributed by atoms with Crippen molar-refractivity contribution >= 4 is 0 Å². The van der Waals surface area contributed by atoms with Crippen LogP contribution >= 0.6 is 0 Å². The normalized spacial score (nSPS) is 18.2. The van der Waals surface area contributed by atoms with Gasteiger partial charge in [0.25, 0.3) is 0 Å². The van der Waals surface area contributed by atoms with Crippen LogP contribution in [0.4, 0.5) is 0 Å². The van der Waals surface area contributed by atoms with Crippen LogP contribution in [0.5, 0.6) is 0 Å². The molecule has 0 aromatic carbocycles. The third-order valence-electron chi connectivity index (χ3n) is 0.737. The summed E-state index contributed by atoms with van der Waals surface area (Å²) in [6.07, 6.45) is 7.68. The Labute approximate surface area is 51.8 Å². The summed E-state index contributed by atoms with van der Waals surface area (Å²) in [6, 6.07) is 0. The summed E-state index contributed by atoms with van der Waals surface area (Å²) in [5, 5.41) is 0. The van der Waals surface area contributed by atoms with Gasteiger partial charge in [-0.25, -0.2) is 0 Å². The van der Waals surface area contributed by atoms with Gasteiger partial charge in [-0.3, -0.25) is 0 Å². The molecule has 0 N–H and O–H groups in total. The molecule has 0 heterocycles. The molecule has 0 unspecified atom stereocenters. The molecule has 6 heavy (non-hydrogen) atoms. The first-order chi connectivity index (χ1) is 2.89. The van der Waals surface area contributed by atoms with Crippen molar-refractivity contribution in [2.75, 3.05) is 0 Å². The fourth-order valence-electron chi connectivity index (χ4n) is 0.428. The molecular formula is C5H7W. The van der Waals surface area contributed by atoms with Crippen LogP contribution in [0.3, 0.4) is 0 Å². The first-order valence-corrected chi connectivity index (χ1v) is 3.39. The Morgan fingerprint density at radius 2 is 2.67 bits per heavy atom. The molecule has 0 atom stereocenters. The maximum absolute atomic E-state index is 2.18. The standard InChI is InChI=1S/C5H5.W.2H/c1-2-4-5-3-1;;;/h1-3H,4H2;;;/q;+2;2*-1. The van der Waals surface area contributed by atoms with Gasteiger partial charge in [-0.2, -0.15) is 0 Å². The van der Waals surface area contributed by atoms with Gasteiger partial charge in [-0.05, 0) is 0 Å². The van der Waals surface area contributed by atoms with E-state index in [0.29, 0.717) is 0 Å². The van der Waals surface area contributed by atoms with E-state index in [1.54, 1.807) is 23.8 Å². The molecule has 0 spiro atoms. The van der Waals surface area contributed by atoms with E-state index >= 15 is 0 Å². The molecule has 0 aliphatic heterocycles. The fourth-order valence-corrected chi connectivity index (χ4v) is 1.06. The van der Waals surface area contributed by atoms with Crippen molar-refractivity contribution in [3.8, 4) is 0 Å². The molecule has 1 aliphatic carbocycles. The summed E-state index contributed by atoms with van der Waals surface area (Å²) in [6.45, 7) is 0. The Bertz CT molecular complexity index is 107. The molecule has 0 radical (unpaired) electrons. The monoisotopic (exact) mass is 251 g/mol. The number of hydrogen-bond acceptors (Lipinski definition) is 0. The second-order valence-electron chi connectivity index (χ2n) is 1.27. The molecule has 0 fully saturated rings. The van der Waals surface area contributed by atoms with E-state index < -0.39 is 0 Å². The topological polar surface area (TPSA) is 0 Å². The zero-order chi connectivity index (χ0) is 4.41. The van der Waals surface area contributed by atoms with Gasteiger partial charge in [0.15, 0.2) is 0 Å². The summed E-state index contributed by atoms with van der Waals surface area (Å²) >= 11 is 1.61. The summed E-state index contributed by atoms with van der Waals surface area (Å²) in [4.78, 5) is 0. The van der Waals surface area contributed by atoms with Crippen molar-refractivity contribution in [3.05, 3.63) is 22.2 Å². The molecule has 1 rings (SSSR count). The van der Waals surface area contributed by atoms with E-state index in [1.165, 1.54) is 6.42 Å². The molecule has 33 valence electrons. The van der Waals surface area contributed by atoms with Crippen LogP contribution in [-0.4, -0.2) is 0 Å². The van der Waals surface area contributed by atoms with E-state index in [4.69, 9.17) is 0 Å². The Balaban J connectivity index is 0. The first-order valence-electron chi connectivity index (χ1n) is 1.92. The predicted octanol–water partition coefficient (Wildman–Crippen LogP) is 1.60. The summed E-state index contributed by atoms with van der Waals surface area (Å²) in [7, 11) is 0. The number of allylic oxidation sites excluding steroid dienone is 4. The van der Waals surface area contributed by atoms with E-state index in [1.807, 2.05) is 0 Å². The molecule has 0 saturated carbocycles. The minimum atomic E-state index is 0. The van der Waals surface area contributed by atoms with Gasteiger partial charge in [-0.15, -0.1) is 0 Å². The Morgan fingerprint density at radius 1 is 1.83 bits per heavy atom. The van der Waals surface area contributed by atoms with Gasteiger partial charge < -0.3 is 2.85 Å². The van der Waals surface area contributed by atoms with E-state index in [-0.39, 0.29) is 2.85 Å². The quantitative estimate of drug-likeness (QED) is 0.613. The Morgan fingerprint density at radius 3 is 2.83 bits per heavy atom. The average Bonchev–Trinajstić information content (AvgIpc) is 1.86. The minimum absolute atomic E-state index is 0. The third kappa shape index (κ3) is 0.814. The molecule has 0 nitrogen and oxygen atoms in total. The molecule has 0 aromatic rings.